The second kappa shape index (κ2) is 8.16. The van der Waals surface area contributed by atoms with Gasteiger partial charge in [-0.05, 0) is 30.3 Å². The van der Waals surface area contributed by atoms with Crippen LogP contribution in [0.3, 0.4) is 0 Å². The molecule has 3 N–H and O–H groups in total. The number of carbonyl (C=O) groups excluding carboxylic acids is 1. The zero-order chi connectivity index (χ0) is 17.5. The maximum atomic E-state index is 12.0. The Hall–Kier alpha value is -2.80. The van der Waals surface area contributed by atoms with Crippen LogP contribution in [0.15, 0.2) is 58.6 Å². The van der Waals surface area contributed by atoms with E-state index in [0.29, 0.717) is 17.9 Å². The highest BCUT2D eigenvalue weighted by Gasteiger charge is 2.10. The second-order valence-corrected chi connectivity index (χ2v) is 5.60. The van der Waals surface area contributed by atoms with Crippen LogP contribution in [0.5, 0.6) is 17.2 Å². The van der Waals surface area contributed by atoms with Gasteiger partial charge in [0.15, 0.2) is 0 Å². The topological polar surface area (TPSA) is 91.2 Å². The Balaban J connectivity index is 2.12. The monoisotopic (exact) mass is 390 g/mol. The van der Waals surface area contributed by atoms with Crippen LogP contribution >= 0.6 is 15.9 Å². The molecule has 6 nitrogen and oxygen atoms in total. The number of ether oxygens (including phenoxy) is 1. The Morgan fingerprint density at radius 1 is 1.29 bits per heavy atom. The molecule has 0 heterocycles. The summed E-state index contributed by atoms with van der Waals surface area (Å²) in [5, 5.41) is 22.7. The Morgan fingerprint density at radius 3 is 2.79 bits per heavy atom. The van der Waals surface area contributed by atoms with Crippen molar-refractivity contribution in [3.8, 4) is 17.2 Å². The minimum atomic E-state index is -0.604. The number of phenolic OH excluding ortho intramolecular Hbond substituents is 2. The molecule has 0 atom stereocenters. The van der Waals surface area contributed by atoms with Crippen molar-refractivity contribution in [2.75, 3.05) is 6.61 Å². The second-order valence-electron chi connectivity index (χ2n) is 4.68. The Labute approximate surface area is 147 Å². The van der Waals surface area contributed by atoms with E-state index >= 15 is 0 Å². The van der Waals surface area contributed by atoms with Crippen LogP contribution in [-0.4, -0.2) is 28.9 Å². The molecule has 0 saturated heterocycles. The van der Waals surface area contributed by atoms with Gasteiger partial charge in [0.1, 0.15) is 23.9 Å². The molecule has 0 aliphatic rings. The van der Waals surface area contributed by atoms with Gasteiger partial charge in [-0.15, -0.1) is 0 Å². The number of nitrogens with zero attached hydrogens (tertiary/aromatic N) is 1. The molecule has 1 amide bonds. The number of rotatable bonds is 6. The highest BCUT2D eigenvalue weighted by atomic mass is 79.9. The molecular weight excluding hydrogens is 376 g/mol. The number of carbonyl (C=O) groups is 1. The zero-order valence-electron chi connectivity index (χ0n) is 12.6. The minimum absolute atomic E-state index is 0.00215. The van der Waals surface area contributed by atoms with Crippen LogP contribution in [0.25, 0.3) is 0 Å². The first-order valence-corrected chi connectivity index (χ1v) is 7.69. The van der Waals surface area contributed by atoms with Gasteiger partial charge < -0.3 is 14.9 Å². The first-order chi connectivity index (χ1) is 11.5. The van der Waals surface area contributed by atoms with E-state index < -0.39 is 5.91 Å². The van der Waals surface area contributed by atoms with Crippen LogP contribution in [0.4, 0.5) is 0 Å². The van der Waals surface area contributed by atoms with E-state index in [4.69, 9.17) is 4.74 Å². The van der Waals surface area contributed by atoms with Crippen LogP contribution in [0.1, 0.15) is 15.9 Å². The quantitative estimate of drug-likeness (QED) is 0.401. The van der Waals surface area contributed by atoms with Gasteiger partial charge in [-0.3, -0.25) is 4.79 Å². The summed E-state index contributed by atoms with van der Waals surface area (Å²) in [6, 6.07) is 9.05. The molecule has 0 aliphatic carbocycles. The van der Waals surface area contributed by atoms with Crippen LogP contribution < -0.4 is 10.2 Å². The van der Waals surface area contributed by atoms with E-state index in [1.807, 2.05) is 6.07 Å². The van der Waals surface area contributed by atoms with Crippen LogP contribution in [0.2, 0.25) is 0 Å². The van der Waals surface area contributed by atoms with Crippen LogP contribution in [0, 0.1) is 0 Å². The molecule has 0 radical (unpaired) electrons. The summed E-state index contributed by atoms with van der Waals surface area (Å²) >= 11 is 3.36. The van der Waals surface area contributed by atoms with E-state index in [1.54, 1.807) is 18.2 Å². The van der Waals surface area contributed by atoms with Gasteiger partial charge in [0.2, 0.25) is 0 Å². The number of aromatic hydroxyl groups is 2. The Bertz CT molecular complexity index is 790. The highest BCUT2D eigenvalue weighted by Crippen LogP contribution is 2.23. The maximum absolute atomic E-state index is 12.0. The fraction of sp³-hybridized carbons (Fsp3) is 0.0588. The van der Waals surface area contributed by atoms with Gasteiger partial charge in [0.05, 0.1) is 11.8 Å². The van der Waals surface area contributed by atoms with Crippen molar-refractivity contribution in [3.05, 3.63) is 64.7 Å². The number of phenols is 2. The van der Waals surface area contributed by atoms with Crippen molar-refractivity contribution < 1.29 is 19.7 Å². The summed E-state index contributed by atoms with van der Waals surface area (Å²) < 4.78 is 6.34. The van der Waals surface area contributed by atoms with Gasteiger partial charge in [-0.2, -0.15) is 5.10 Å². The summed E-state index contributed by atoms with van der Waals surface area (Å²) in [4.78, 5) is 12.0. The average Bonchev–Trinajstić information content (AvgIpc) is 2.54. The maximum Gasteiger partial charge on any atom is 0.275 e. The third-order valence-corrected chi connectivity index (χ3v) is 3.42. The Kier molecular flexibility index (Phi) is 5.97. The van der Waals surface area contributed by atoms with Crippen molar-refractivity contribution in [2.24, 2.45) is 5.10 Å². The molecule has 7 heteroatoms. The van der Waals surface area contributed by atoms with E-state index in [0.717, 1.165) is 10.5 Å². The van der Waals surface area contributed by atoms with Gasteiger partial charge >= 0.3 is 0 Å². The fourth-order valence-corrected chi connectivity index (χ4v) is 2.21. The lowest BCUT2D eigenvalue weighted by Gasteiger charge is -2.07. The predicted octanol–water partition coefficient (Wildman–Crippen LogP) is 3.19. The standard InChI is InChI=1S/C17H15BrN2O4/c1-2-7-24-16-6-3-12(18)8-11(16)10-19-20-17(23)14-5-4-13(21)9-15(14)22/h2-6,8-10,21-22H,1,7H2,(H,20,23)/b19-10+. The van der Waals surface area contributed by atoms with Crippen molar-refractivity contribution >= 4 is 28.1 Å². The molecule has 0 bridgehead atoms. The summed E-state index contributed by atoms with van der Waals surface area (Å²) in [5.74, 6) is -0.484. The SMILES string of the molecule is C=CCOc1ccc(Br)cc1/C=N/NC(=O)c1ccc(O)cc1O. The molecule has 24 heavy (non-hydrogen) atoms. The fourth-order valence-electron chi connectivity index (χ4n) is 1.83. The predicted molar refractivity (Wildman–Crippen MR) is 94.7 cm³/mol. The molecule has 0 aromatic heterocycles. The number of hydrogen-bond donors (Lipinski definition) is 3. The largest absolute Gasteiger partial charge is 0.508 e. The van der Waals surface area contributed by atoms with Crippen molar-refractivity contribution in [2.45, 2.75) is 0 Å². The average molecular weight is 391 g/mol. The van der Waals surface area contributed by atoms with Crippen molar-refractivity contribution in [1.29, 1.82) is 0 Å². The number of benzene rings is 2. The molecule has 0 aliphatic heterocycles. The summed E-state index contributed by atoms with van der Waals surface area (Å²) in [5.41, 5.74) is 2.96. The number of halogens is 1. The third-order valence-electron chi connectivity index (χ3n) is 2.92. The lowest BCUT2D eigenvalue weighted by molar-refractivity contribution is 0.0952. The van der Waals surface area contributed by atoms with Gasteiger partial charge in [0.25, 0.3) is 5.91 Å². The van der Waals surface area contributed by atoms with Gasteiger partial charge in [0, 0.05) is 16.1 Å². The normalized spacial score (nSPS) is 10.5. The third kappa shape index (κ3) is 4.60. The number of hydrazone groups is 1. The minimum Gasteiger partial charge on any atom is -0.508 e. The van der Waals surface area contributed by atoms with Crippen LogP contribution in [-0.2, 0) is 0 Å². The molecular formula is C17H15BrN2O4. The molecule has 2 aromatic rings. The Morgan fingerprint density at radius 2 is 2.08 bits per heavy atom. The molecule has 124 valence electrons. The molecule has 0 fully saturated rings. The summed E-state index contributed by atoms with van der Waals surface area (Å²) in [7, 11) is 0. The smallest absolute Gasteiger partial charge is 0.275 e. The molecule has 2 aromatic carbocycles. The van der Waals surface area contributed by atoms with Gasteiger partial charge in [-0.1, -0.05) is 28.6 Å². The number of nitrogens with one attached hydrogen (secondary N) is 1. The number of hydrogen-bond acceptors (Lipinski definition) is 5. The van der Waals surface area contributed by atoms with E-state index in [9.17, 15) is 15.0 Å². The lowest BCUT2D eigenvalue weighted by atomic mass is 10.2. The molecule has 2 rings (SSSR count). The number of amides is 1. The van der Waals surface area contributed by atoms with Gasteiger partial charge in [-0.25, -0.2) is 5.43 Å². The van der Waals surface area contributed by atoms with Crippen molar-refractivity contribution in [1.82, 2.24) is 5.43 Å². The highest BCUT2D eigenvalue weighted by molar-refractivity contribution is 9.10. The zero-order valence-corrected chi connectivity index (χ0v) is 14.2. The molecule has 0 spiro atoms. The lowest BCUT2D eigenvalue weighted by Crippen LogP contribution is -2.17. The van der Waals surface area contributed by atoms with Crippen molar-refractivity contribution in [3.63, 3.8) is 0 Å². The molecule has 0 unspecified atom stereocenters. The molecule has 0 saturated carbocycles. The first-order valence-electron chi connectivity index (χ1n) is 6.90. The summed E-state index contributed by atoms with van der Waals surface area (Å²) in [6.45, 7) is 3.93. The van der Waals surface area contributed by atoms with E-state index in [-0.39, 0.29) is 17.1 Å². The van der Waals surface area contributed by atoms with E-state index in [2.05, 4.69) is 33.0 Å². The van der Waals surface area contributed by atoms with E-state index in [1.165, 1.54) is 18.3 Å². The first kappa shape index (κ1) is 17.6. The summed E-state index contributed by atoms with van der Waals surface area (Å²) in [6.07, 6.45) is 3.05.